The molecule has 0 aliphatic carbocycles. The Morgan fingerprint density at radius 1 is 1.07 bits per heavy atom. The number of nitrogens with zero attached hydrogens (tertiary/aromatic N) is 5. The smallest absolute Gasteiger partial charge is 0.291 e. The quantitative estimate of drug-likeness (QED) is 0.710. The molecule has 0 radical (unpaired) electrons. The number of carbonyl (C=O) groups excluding carboxylic acids is 1. The number of hydrogen-bond acceptors (Lipinski definition) is 6. The molecule has 1 aromatic carbocycles. The molecule has 0 N–H and O–H groups in total. The Morgan fingerprint density at radius 2 is 1.89 bits per heavy atom. The van der Waals surface area contributed by atoms with Gasteiger partial charge in [-0.05, 0) is 31.0 Å². The minimum atomic E-state index is -0.148. The lowest BCUT2D eigenvalue weighted by Gasteiger charge is -2.31. The predicted molar refractivity (Wildman–Crippen MR) is 98.5 cm³/mol. The van der Waals surface area contributed by atoms with Crippen LogP contribution in [0.4, 0.5) is 0 Å². The maximum atomic E-state index is 12.6. The molecule has 0 bridgehead atoms. The first-order valence-electron chi connectivity index (χ1n) is 8.91. The third-order valence-corrected chi connectivity index (χ3v) is 4.48. The van der Waals surface area contributed by atoms with E-state index in [0.717, 1.165) is 18.5 Å². The first-order chi connectivity index (χ1) is 13.3. The first kappa shape index (κ1) is 17.1. The lowest BCUT2D eigenvalue weighted by Crippen LogP contribution is -2.40. The fourth-order valence-corrected chi connectivity index (χ4v) is 3.17. The molecule has 3 heterocycles. The van der Waals surface area contributed by atoms with Crippen molar-refractivity contribution >= 4 is 5.91 Å². The summed E-state index contributed by atoms with van der Waals surface area (Å²) in [5.74, 6) is 1.35. The number of rotatable bonds is 4. The van der Waals surface area contributed by atoms with Crippen molar-refractivity contribution in [2.45, 2.75) is 18.8 Å². The summed E-state index contributed by atoms with van der Waals surface area (Å²) in [5, 5.41) is 0. The second kappa shape index (κ2) is 7.90. The van der Waals surface area contributed by atoms with Gasteiger partial charge in [-0.15, -0.1) is 0 Å². The summed E-state index contributed by atoms with van der Waals surface area (Å²) in [6.45, 7) is 1.27. The van der Waals surface area contributed by atoms with E-state index in [4.69, 9.17) is 4.74 Å². The van der Waals surface area contributed by atoms with Gasteiger partial charge in [0.1, 0.15) is 5.75 Å². The van der Waals surface area contributed by atoms with Gasteiger partial charge in [0.2, 0.25) is 11.7 Å². The molecule has 1 aliphatic rings. The van der Waals surface area contributed by atoms with Crippen LogP contribution in [0.3, 0.4) is 0 Å². The summed E-state index contributed by atoms with van der Waals surface area (Å²) in [6.07, 6.45) is 8.35. The maximum absolute atomic E-state index is 12.6. The molecule has 1 amide bonds. The Bertz CT molecular complexity index is 905. The van der Waals surface area contributed by atoms with Crippen LogP contribution in [0.25, 0.3) is 0 Å². The van der Waals surface area contributed by atoms with Crippen molar-refractivity contribution in [3.05, 3.63) is 72.7 Å². The van der Waals surface area contributed by atoms with Gasteiger partial charge >= 0.3 is 0 Å². The molecule has 7 heteroatoms. The van der Waals surface area contributed by atoms with Gasteiger partial charge in [0.25, 0.3) is 5.91 Å². The van der Waals surface area contributed by atoms with Crippen molar-refractivity contribution in [1.29, 1.82) is 0 Å². The molecule has 1 fully saturated rings. The highest BCUT2D eigenvalue weighted by molar-refractivity contribution is 5.90. The van der Waals surface area contributed by atoms with Gasteiger partial charge in [-0.1, -0.05) is 18.2 Å². The normalized spacial score (nSPS) is 16.7. The fraction of sp³-hybridized carbons (Fsp3) is 0.250. The van der Waals surface area contributed by atoms with Gasteiger partial charge in [0.05, 0.1) is 11.9 Å². The van der Waals surface area contributed by atoms with Crippen LogP contribution in [0.1, 0.15) is 35.1 Å². The predicted octanol–water partition coefficient (Wildman–Crippen LogP) is 3.08. The number of carbonyl (C=O) groups is 1. The minimum Gasteiger partial charge on any atom is -0.437 e. The van der Waals surface area contributed by atoms with Crippen LogP contribution in [-0.2, 0) is 0 Å². The summed E-state index contributed by atoms with van der Waals surface area (Å²) in [5.41, 5.74) is 0.829. The molecular formula is C20H19N5O2. The zero-order valence-corrected chi connectivity index (χ0v) is 14.7. The van der Waals surface area contributed by atoms with Gasteiger partial charge in [-0.25, -0.2) is 15.0 Å². The Morgan fingerprint density at radius 3 is 2.70 bits per heavy atom. The standard InChI is InChI=1S/C20H19N5O2/c26-20(19-22-9-5-10-23-19)25-11-4-6-15(14-25)17-12-21-13-18(24-17)27-16-7-2-1-3-8-16/h1-3,5,7-10,12-13,15H,4,6,11,14H2/t15-/m0/s1. The number of hydrogen-bond donors (Lipinski definition) is 0. The van der Waals surface area contributed by atoms with Crippen LogP contribution < -0.4 is 4.74 Å². The highest BCUT2D eigenvalue weighted by Crippen LogP contribution is 2.27. The van der Waals surface area contributed by atoms with E-state index < -0.39 is 0 Å². The van der Waals surface area contributed by atoms with Crippen molar-refractivity contribution in [3.63, 3.8) is 0 Å². The number of amides is 1. The van der Waals surface area contributed by atoms with Crippen LogP contribution >= 0.6 is 0 Å². The first-order valence-corrected chi connectivity index (χ1v) is 8.91. The average molecular weight is 361 g/mol. The van der Waals surface area contributed by atoms with Crippen molar-refractivity contribution in [2.75, 3.05) is 13.1 Å². The molecule has 0 unspecified atom stereocenters. The third-order valence-electron chi connectivity index (χ3n) is 4.48. The number of aromatic nitrogens is 4. The molecular weight excluding hydrogens is 342 g/mol. The van der Waals surface area contributed by atoms with Crippen LogP contribution in [0.5, 0.6) is 11.6 Å². The minimum absolute atomic E-state index is 0.109. The summed E-state index contributed by atoms with van der Waals surface area (Å²) in [6, 6.07) is 11.2. The second-order valence-corrected chi connectivity index (χ2v) is 6.36. The van der Waals surface area contributed by atoms with Crippen molar-refractivity contribution in [3.8, 4) is 11.6 Å². The van der Waals surface area contributed by atoms with Gasteiger partial charge in [-0.2, -0.15) is 0 Å². The van der Waals surface area contributed by atoms with E-state index in [9.17, 15) is 4.79 Å². The fourth-order valence-electron chi connectivity index (χ4n) is 3.17. The van der Waals surface area contributed by atoms with Crippen LogP contribution in [-0.4, -0.2) is 43.8 Å². The summed E-state index contributed by atoms with van der Waals surface area (Å²) >= 11 is 0. The number of likely N-dealkylation sites (tertiary alicyclic amines) is 1. The molecule has 1 atom stereocenters. The van der Waals surface area contributed by atoms with Gasteiger partial charge in [-0.3, -0.25) is 9.78 Å². The Labute approximate surface area is 157 Å². The lowest BCUT2D eigenvalue weighted by atomic mass is 9.95. The summed E-state index contributed by atoms with van der Waals surface area (Å²) in [4.78, 5) is 31.4. The van der Waals surface area contributed by atoms with E-state index in [2.05, 4.69) is 19.9 Å². The molecule has 2 aromatic heterocycles. The third kappa shape index (κ3) is 4.08. The molecule has 3 aromatic rings. The Hall–Kier alpha value is -3.35. The SMILES string of the molecule is O=C(c1ncccn1)N1CCC[C@H](c2cncc(Oc3ccccc3)n2)C1. The Balaban J connectivity index is 1.48. The average Bonchev–Trinajstić information content (AvgIpc) is 2.75. The highest BCUT2D eigenvalue weighted by atomic mass is 16.5. The van der Waals surface area contributed by atoms with Crippen molar-refractivity contribution in [1.82, 2.24) is 24.8 Å². The van der Waals surface area contributed by atoms with Gasteiger partial charge in [0.15, 0.2) is 0 Å². The summed E-state index contributed by atoms with van der Waals surface area (Å²) < 4.78 is 5.78. The molecule has 7 nitrogen and oxygen atoms in total. The highest BCUT2D eigenvalue weighted by Gasteiger charge is 2.28. The molecule has 0 saturated carbocycles. The molecule has 0 spiro atoms. The second-order valence-electron chi connectivity index (χ2n) is 6.36. The van der Waals surface area contributed by atoms with Crippen molar-refractivity contribution in [2.24, 2.45) is 0 Å². The number of para-hydroxylation sites is 1. The largest absolute Gasteiger partial charge is 0.437 e. The molecule has 27 heavy (non-hydrogen) atoms. The topological polar surface area (TPSA) is 81.1 Å². The van der Waals surface area contributed by atoms with Gasteiger partial charge < -0.3 is 9.64 Å². The zero-order chi connectivity index (χ0) is 18.5. The molecule has 1 saturated heterocycles. The van der Waals surface area contributed by atoms with E-state index in [1.54, 1.807) is 35.8 Å². The molecule has 1 aliphatic heterocycles. The van der Waals surface area contributed by atoms with E-state index in [1.165, 1.54) is 0 Å². The van der Waals surface area contributed by atoms with E-state index >= 15 is 0 Å². The number of ether oxygens (including phenoxy) is 1. The summed E-state index contributed by atoms with van der Waals surface area (Å²) in [7, 11) is 0. The van der Waals surface area contributed by atoms with Crippen LogP contribution in [0, 0.1) is 0 Å². The van der Waals surface area contributed by atoms with E-state index in [1.807, 2.05) is 30.3 Å². The molecule has 4 rings (SSSR count). The van der Waals surface area contributed by atoms with E-state index in [0.29, 0.717) is 24.7 Å². The van der Waals surface area contributed by atoms with Crippen LogP contribution in [0.2, 0.25) is 0 Å². The van der Waals surface area contributed by atoms with E-state index in [-0.39, 0.29) is 17.6 Å². The number of piperidine rings is 1. The van der Waals surface area contributed by atoms with Crippen molar-refractivity contribution < 1.29 is 9.53 Å². The van der Waals surface area contributed by atoms with Crippen LogP contribution in [0.15, 0.2) is 61.2 Å². The monoisotopic (exact) mass is 361 g/mol. The lowest BCUT2D eigenvalue weighted by molar-refractivity contribution is 0.0693. The van der Waals surface area contributed by atoms with Gasteiger partial charge in [0, 0.05) is 37.6 Å². The zero-order valence-electron chi connectivity index (χ0n) is 14.7. The number of benzene rings is 1. The molecule has 136 valence electrons. The maximum Gasteiger partial charge on any atom is 0.291 e. The Kier molecular flexibility index (Phi) is 5.00.